The van der Waals surface area contributed by atoms with Gasteiger partial charge in [0.2, 0.25) is 0 Å². The molecule has 2 aromatic rings. The van der Waals surface area contributed by atoms with Gasteiger partial charge >= 0.3 is 0 Å². The maximum Gasteiger partial charge on any atom is 0.255 e. The lowest BCUT2D eigenvalue weighted by Gasteiger charge is -2.11. The van der Waals surface area contributed by atoms with Crippen molar-refractivity contribution in [2.45, 2.75) is 19.8 Å². The van der Waals surface area contributed by atoms with Gasteiger partial charge in [0, 0.05) is 24.0 Å². The molecule has 5 heteroatoms. The highest BCUT2D eigenvalue weighted by Gasteiger charge is 2.14. The second kappa shape index (κ2) is 5.84. The molecule has 1 aromatic carbocycles. The van der Waals surface area contributed by atoms with Crippen molar-refractivity contribution in [1.82, 2.24) is 10.3 Å². The third-order valence-electron chi connectivity index (χ3n) is 2.84. The van der Waals surface area contributed by atoms with Crippen molar-refractivity contribution in [2.24, 2.45) is 0 Å². The number of aromatic hydroxyl groups is 1. The number of nitrogens with one attached hydrogen (secondary N) is 1. The molecule has 0 aliphatic heterocycles. The topological polar surface area (TPSA) is 62.2 Å². The minimum atomic E-state index is -0.260. The van der Waals surface area contributed by atoms with Gasteiger partial charge in [0.1, 0.15) is 5.75 Å². The first-order valence-corrected chi connectivity index (χ1v) is 6.93. The molecular weight excluding hydrogens is 260 g/mol. The largest absolute Gasteiger partial charge is 0.507 e. The molecule has 0 spiro atoms. The van der Waals surface area contributed by atoms with Crippen LogP contribution in [0.1, 0.15) is 33.8 Å². The molecule has 0 radical (unpaired) electrons. The molecule has 2 rings (SSSR count). The number of rotatable bonds is 4. The van der Waals surface area contributed by atoms with Crippen LogP contribution in [0, 0.1) is 6.92 Å². The fourth-order valence-corrected chi connectivity index (χ4v) is 2.44. The van der Waals surface area contributed by atoms with Gasteiger partial charge in [-0.05, 0) is 19.1 Å². The van der Waals surface area contributed by atoms with Crippen molar-refractivity contribution >= 4 is 17.2 Å². The highest BCUT2D eigenvalue weighted by molar-refractivity contribution is 7.09. The van der Waals surface area contributed by atoms with E-state index in [1.54, 1.807) is 29.7 Å². The zero-order chi connectivity index (χ0) is 13.8. The summed E-state index contributed by atoms with van der Waals surface area (Å²) < 4.78 is 0. The van der Waals surface area contributed by atoms with Crippen molar-refractivity contribution < 1.29 is 9.90 Å². The lowest BCUT2D eigenvalue weighted by Crippen LogP contribution is -2.27. The van der Waals surface area contributed by atoms with Crippen LogP contribution in [0.3, 0.4) is 0 Å². The minimum absolute atomic E-state index is 0.00463. The fourth-order valence-electron chi connectivity index (χ4n) is 1.74. The van der Waals surface area contributed by atoms with Gasteiger partial charge in [-0.3, -0.25) is 4.79 Å². The van der Waals surface area contributed by atoms with Crippen LogP contribution < -0.4 is 5.32 Å². The van der Waals surface area contributed by atoms with Gasteiger partial charge in [-0.2, -0.15) is 0 Å². The molecule has 1 heterocycles. The van der Waals surface area contributed by atoms with Crippen LogP contribution in [0.25, 0.3) is 0 Å². The van der Waals surface area contributed by atoms with E-state index < -0.39 is 0 Å². The Morgan fingerprint density at radius 3 is 3.00 bits per heavy atom. The first-order valence-electron chi connectivity index (χ1n) is 6.05. The van der Waals surface area contributed by atoms with E-state index in [4.69, 9.17) is 0 Å². The third kappa shape index (κ3) is 3.32. The predicted molar refractivity (Wildman–Crippen MR) is 75.7 cm³/mol. The van der Waals surface area contributed by atoms with E-state index in [-0.39, 0.29) is 17.6 Å². The van der Waals surface area contributed by atoms with Gasteiger partial charge in [-0.15, -0.1) is 11.3 Å². The summed E-state index contributed by atoms with van der Waals surface area (Å²) in [5.74, 6) is -0.0921. The van der Waals surface area contributed by atoms with E-state index in [9.17, 15) is 9.90 Å². The van der Waals surface area contributed by atoms with E-state index in [1.807, 2.05) is 19.2 Å². The molecule has 1 amide bonds. The Kier molecular flexibility index (Phi) is 4.16. The first kappa shape index (κ1) is 13.5. The van der Waals surface area contributed by atoms with Gasteiger partial charge in [0.15, 0.2) is 0 Å². The predicted octanol–water partition coefficient (Wildman–Crippen LogP) is 2.69. The summed E-state index contributed by atoms with van der Waals surface area (Å²) in [6.45, 7) is 4.39. The molecule has 100 valence electrons. The van der Waals surface area contributed by atoms with Gasteiger partial charge in [0.25, 0.3) is 5.91 Å². The van der Waals surface area contributed by atoms with Crippen LogP contribution in [-0.2, 0) is 0 Å². The Morgan fingerprint density at radius 2 is 2.32 bits per heavy atom. The van der Waals surface area contributed by atoms with Gasteiger partial charge in [0.05, 0.1) is 10.6 Å². The summed E-state index contributed by atoms with van der Waals surface area (Å²) in [4.78, 5) is 16.2. The summed E-state index contributed by atoms with van der Waals surface area (Å²) in [5.41, 5.74) is 1.25. The molecule has 0 saturated carbocycles. The fraction of sp³-hybridized carbons (Fsp3) is 0.286. The number of aromatic nitrogens is 1. The van der Waals surface area contributed by atoms with Crippen LogP contribution in [-0.4, -0.2) is 22.5 Å². The number of carbonyl (C=O) groups excluding carboxylic acids is 1. The molecule has 0 fully saturated rings. The second-order valence-corrected chi connectivity index (χ2v) is 5.43. The molecule has 0 bridgehead atoms. The average Bonchev–Trinajstić information content (AvgIpc) is 2.92. The van der Waals surface area contributed by atoms with Crippen molar-refractivity contribution in [1.29, 1.82) is 0 Å². The van der Waals surface area contributed by atoms with Crippen LogP contribution in [0.2, 0.25) is 0 Å². The Balaban J connectivity index is 2.00. The Bertz CT molecular complexity index is 567. The SMILES string of the molecule is Cc1ccc(O)c(C(=O)NCC(C)c2nccs2)c1. The van der Waals surface area contributed by atoms with Crippen molar-refractivity contribution in [3.8, 4) is 5.75 Å². The number of phenols is 1. The van der Waals surface area contributed by atoms with Gasteiger partial charge < -0.3 is 10.4 Å². The number of hydrogen-bond acceptors (Lipinski definition) is 4. The lowest BCUT2D eigenvalue weighted by molar-refractivity contribution is 0.0949. The van der Waals surface area contributed by atoms with Gasteiger partial charge in [-0.25, -0.2) is 4.98 Å². The van der Waals surface area contributed by atoms with Crippen LogP contribution in [0.15, 0.2) is 29.8 Å². The number of aryl methyl sites for hydroxylation is 1. The molecule has 1 atom stereocenters. The van der Waals surface area contributed by atoms with Crippen molar-refractivity contribution in [3.05, 3.63) is 45.9 Å². The molecule has 1 unspecified atom stereocenters. The molecule has 0 aliphatic carbocycles. The summed E-state index contributed by atoms with van der Waals surface area (Å²) in [6, 6.07) is 4.98. The normalized spacial score (nSPS) is 12.1. The number of carbonyl (C=O) groups is 1. The van der Waals surface area contributed by atoms with E-state index in [0.717, 1.165) is 10.6 Å². The van der Waals surface area contributed by atoms with Crippen LogP contribution in [0.4, 0.5) is 0 Å². The number of benzene rings is 1. The third-order valence-corrected chi connectivity index (χ3v) is 3.85. The maximum atomic E-state index is 12.0. The van der Waals surface area contributed by atoms with Crippen LogP contribution in [0.5, 0.6) is 5.75 Å². The van der Waals surface area contributed by atoms with E-state index in [2.05, 4.69) is 10.3 Å². The Morgan fingerprint density at radius 1 is 1.53 bits per heavy atom. The molecule has 0 aliphatic rings. The zero-order valence-electron chi connectivity index (χ0n) is 10.9. The maximum absolute atomic E-state index is 12.0. The van der Waals surface area contributed by atoms with Crippen molar-refractivity contribution in [3.63, 3.8) is 0 Å². The Hall–Kier alpha value is -1.88. The summed E-state index contributed by atoms with van der Waals surface area (Å²) in [6.07, 6.45) is 1.75. The van der Waals surface area contributed by atoms with Crippen molar-refractivity contribution in [2.75, 3.05) is 6.54 Å². The molecule has 4 nitrogen and oxygen atoms in total. The van der Waals surface area contributed by atoms with E-state index in [1.165, 1.54) is 6.07 Å². The van der Waals surface area contributed by atoms with Gasteiger partial charge in [-0.1, -0.05) is 18.6 Å². The molecule has 1 aromatic heterocycles. The number of thiazole rings is 1. The smallest absolute Gasteiger partial charge is 0.255 e. The first-order chi connectivity index (χ1) is 9.08. The zero-order valence-corrected chi connectivity index (χ0v) is 11.7. The minimum Gasteiger partial charge on any atom is -0.507 e. The summed E-state index contributed by atoms with van der Waals surface area (Å²) in [7, 11) is 0. The van der Waals surface area contributed by atoms with E-state index >= 15 is 0 Å². The number of nitrogens with zero attached hydrogens (tertiary/aromatic N) is 1. The second-order valence-electron chi connectivity index (χ2n) is 4.50. The number of amides is 1. The monoisotopic (exact) mass is 276 g/mol. The molecule has 2 N–H and O–H groups in total. The number of hydrogen-bond donors (Lipinski definition) is 2. The van der Waals surface area contributed by atoms with E-state index in [0.29, 0.717) is 12.1 Å². The highest BCUT2D eigenvalue weighted by Crippen LogP contribution is 2.19. The van der Waals surface area contributed by atoms with Crippen LogP contribution >= 0.6 is 11.3 Å². The quantitative estimate of drug-likeness (QED) is 0.902. The average molecular weight is 276 g/mol. The molecular formula is C14H16N2O2S. The summed E-state index contributed by atoms with van der Waals surface area (Å²) in [5, 5.41) is 15.4. The molecule has 19 heavy (non-hydrogen) atoms. The molecule has 0 saturated heterocycles. The standard InChI is InChI=1S/C14H16N2O2S/c1-9-3-4-12(17)11(7-9)13(18)16-8-10(2)14-15-5-6-19-14/h3-7,10,17H,8H2,1-2H3,(H,16,18). The Labute approximate surface area is 116 Å². The lowest BCUT2D eigenvalue weighted by atomic mass is 10.1. The number of phenolic OH excluding ortho intramolecular Hbond substituents is 1. The summed E-state index contributed by atoms with van der Waals surface area (Å²) >= 11 is 1.57. The highest BCUT2D eigenvalue weighted by atomic mass is 32.1.